The monoisotopic (exact) mass is 357 g/mol. The SMILES string of the molecule is CCC(C)C(=O)C(NC(=O)c1c(OC)ccc2ccccc12)C(C)(C)C.[HH]. The lowest BCUT2D eigenvalue weighted by Crippen LogP contribution is -2.50. The Hall–Kier alpha value is -2.36. The van der Waals surface area contributed by atoms with E-state index in [9.17, 15) is 9.59 Å². The molecule has 26 heavy (non-hydrogen) atoms. The summed E-state index contributed by atoms with van der Waals surface area (Å²) >= 11 is 0. The van der Waals surface area contributed by atoms with Gasteiger partial charge in [-0.3, -0.25) is 9.59 Å². The second-order valence-electron chi connectivity index (χ2n) is 7.85. The Morgan fingerprint density at radius 2 is 1.81 bits per heavy atom. The minimum absolute atomic E-state index is 0. The summed E-state index contributed by atoms with van der Waals surface area (Å²) < 4.78 is 5.43. The van der Waals surface area contributed by atoms with Gasteiger partial charge in [0.15, 0.2) is 5.78 Å². The van der Waals surface area contributed by atoms with E-state index in [4.69, 9.17) is 4.74 Å². The summed E-state index contributed by atoms with van der Waals surface area (Å²) in [5, 5.41) is 4.76. The maximum absolute atomic E-state index is 13.2. The van der Waals surface area contributed by atoms with E-state index in [1.807, 2.05) is 65.0 Å². The number of rotatable bonds is 6. The number of ether oxygens (including phenoxy) is 1. The van der Waals surface area contributed by atoms with Gasteiger partial charge in [0.05, 0.1) is 18.7 Å². The van der Waals surface area contributed by atoms with Crippen LogP contribution in [0.15, 0.2) is 36.4 Å². The van der Waals surface area contributed by atoms with E-state index in [2.05, 4.69) is 5.32 Å². The number of benzene rings is 2. The first kappa shape index (κ1) is 20.0. The van der Waals surface area contributed by atoms with Crippen LogP contribution in [0.4, 0.5) is 0 Å². The Morgan fingerprint density at radius 3 is 2.38 bits per heavy atom. The van der Waals surface area contributed by atoms with Crippen molar-refractivity contribution in [3.8, 4) is 5.75 Å². The summed E-state index contributed by atoms with van der Waals surface area (Å²) in [6, 6.07) is 10.8. The molecule has 0 aliphatic carbocycles. The van der Waals surface area contributed by atoms with Gasteiger partial charge in [-0.1, -0.05) is 65.0 Å². The van der Waals surface area contributed by atoms with Crippen LogP contribution in [0, 0.1) is 11.3 Å². The highest BCUT2D eigenvalue weighted by molar-refractivity contribution is 6.10. The van der Waals surface area contributed by atoms with E-state index in [1.165, 1.54) is 0 Å². The maximum atomic E-state index is 13.2. The van der Waals surface area contributed by atoms with Crippen molar-refractivity contribution in [1.82, 2.24) is 5.32 Å². The molecule has 4 nitrogen and oxygen atoms in total. The van der Waals surface area contributed by atoms with Gasteiger partial charge in [0.2, 0.25) is 0 Å². The van der Waals surface area contributed by atoms with E-state index in [0.717, 1.165) is 17.2 Å². The van der Waals surface area contributed by atoms with Crippen LogP contribution in [0.3, 0.4) is 0 Å². The van der Waals surface area contributed by atoms with E-state index >= 15 is 0 Å². The second kappa shape index (κ2) is 7.90. The minimum Gasteiger partial charge on any atom is -0.496 e. The molecule has 0 aromatic heterocycles. The third-order valence-corrected chi connectivity index (χ3v) is 4.86. The average molecular weight is 357 g/mol. The van der Waals surface area contributed by atoms with Gasteiger partial charge < -0.3 is 10.1 Å². The van der Waals surface area contributed by atoms with Gasteiger partial charge in [0, 0.05) is 7.34 Å². The highest BCUT2D eigenvalue weighted by Crippen LogP contribution is 2.29. The first-order valence-electron chi connectivity index (χ1n) is 9.11. The molecule has 0 saturated carbocycles. The third-order valence-electron chi connectivity index (χ3n) is 4.86. The summed E-state index contributed by atoms with van der Waals surface area (Å²) in [7, 11) is 1.55. The van der Waals surface area contributed by atoms with E-state index in [1.54, 1.807) is 13.2 Å². The fraction of sp³-hybridized carbons (Fsp3) is 0.455. The molecule has 0 spiro atoms. The van der Waals surface area contributed by atoms with Crippen molar-refractivity contribution in [2.75, 3.05) is 7.11 Å². The molecule has 0 bridgehead atoms. The molecule has 2 atom stereocenters. The van der Waals surface area contributed by atoms with Crippen molar-refractivity contribution in [1.29, 1.82) is 0 Å². The third kappa shape index (κ3) is 4.06. The predicted octanol–water partition coefficient (Wildman–Crippen LogP) is 4.85. The minimum atomic E-state index is -0.561. The van der Waals surface area contributed by atoms with Crippen LogP contribution >= 0.6 is 0 Å². The summed E-state index contributed by atoms with van der Waals surface area (Å²) in [4.78, 5) is 26.0. The van der Waals surface area contributed by atoms with Gasteiger partial charge in [-0.2, -0.15) is 0 Å². The van der Waals surface area contributed by atoms with Gasteiger partial charge in [0.1, 0.15) is 5.75 Å². The van der Waals surface area contributed by atoms with Gasteiger partial charge >= 0.3 is 0 Å². The molecule has 1 amide bonds. The van der Waals surface area contributed by atoms with E-state index in [-0.39, 0.29) is 24.4 Å². The van der Waals surface area contributed by atoms with E-state index in [0.29, 0.717) is 11.3 Å². The van der Waals surface area contributed by atoms with Gasteiger partial charge in [-0.25, -0.2) is 0 Å². The number of Topliss-reactive ketones (excluding diaryl/α,β-unsaturated/α-hetero) is 1. The number of carbonyl (C=O) groups is 2. The molecule has 2 rings (SSSR count). The van der Waals surface area contributed by atoms with Gasteiger partial charge in [-0.15, -0.1) is 0 Å². The number of carbonyl (C=O) groups excluding carboxylic acids is 2. The van der Waals surface area contributed by atoms with Crippen molar-refractivity contribution >= 4 is 22.5 Å². The number of nitrogens with one attached hydrogen (secondary N) is 1. The predicted molar refractivity (Wildman–Crippen MR) is 108 cm³/mol. The van der Waals surface area contributed by atoms with Crippen molar-refractivity contribution in [2.45, 2.75) is 47.1 Å². The van der Waals surface area contributed by atoms with Crippen molar-refractivity contribution in [3.05, 3.63) is 42.0 Å². The maximum Gasteiger partial charge on any atom is 0.256 e. The summed E-state index contributed by atoms with van der Waals surface area (Å²) in [5.41, 5.74) is 0.0883. The smallest absolute Gasteiger partial charge is 0.256 e. The topological polar surface area (TPSA) is 55.4 Å². The number of fused-ring (bicyclic) bond motifs is 1. The van der Waals surface area contributed by atoms with Crippen molar-refractivity contribution in [3.63, 3.8) is 0 Å². The van der Waals surface area contributed by atoms with Crippen molar-refractivity contribution < 1.29 is 15.8 Å². The Balaban J connectivity index is 0.00000364. The number of methoxy groups -OCH3 is 1. The van der Waals surface area contributed by atoms with Crippen LogP contribution in [0.25, 0.3) is 10.8 Å². The molecule has 2 unspecified atom stereocenters. The molecule has 2 aromatic rings. The largest absolute Gasteiger partial charge is 0.496 e. The van der Waals surface area contributed by atoms with E-state index < -0.39 is 6.04 Å². The number of ketones is 1. The molecule has 142 valence electrons. The summed E-state index contributed by atoms with van der Waals surface area (Å²) in [6.45, 7) is 9.80. The van der Waals surface area contributed by atoms with Crippen LogP contribution in [0.5, 0.6) is 5.75 Å². The Morgan fingerprint density at radius 1 is 1.15 bits per heavy atom. The van der Waals surface area contributed by atoms with Crippen molar-refractivity contribution in [2.24, 2.45) is 11.3 Å². The number of amides is 1. The Labute approximate surface area is 157 Å². The lowest BCUT2D eigenvalue weighted by Gasteiger charge is -2.32. The van der Waals surface area contributed by atoms with Crippen LogP contribution < -0.4 is 10.1 Å². The first-order valence-corrected chi connectivity index (χ1v) is 9.11. The quantitative estimate of drug-likeness (QED) is 0.804. The zero-order valence-corrected chi connectivity index (χ0v) is 16.6. The number of hydrogen-bond donors (Lipinski definition) is 1. The molecular weight excluding hydrogens is 326 g/mol. The first-order chi connectivity index (χ1) is 12.2. The van der Waals surface area contributed by atoms with Crippen LogP contribution in [-0.2, 0) is 4.79 Å². The fourth-order valence-electron chi connectivity index (χ4n) is 3.06. The Bertz CT molecular complexity index is 811. The molecule has 1 N–H and O–H groups in total. The highest BCUT2D eigenvalue weighted by Gasteiger charge is 2.35. The molecule has 0 aliphatic rings. The average Bonchev–Trinajstić information content (AvgIpc) is 2.62. The zero-order chi connectivity index (χ0) is 19.5. The summed E-state index contributed by atoms with van der Waals surface area (Å²) in [6.07, 6.45) is 0.749. The Kier molecular flexibility index (Phi) is 6.06. The molecule has 0 radical (unpaired) electrons. The molecular formula is C22H31NO3. The number of hydrogen-bond acceptors (Lipinski definition) is 3. The molecule has 0 saturated heterocycles. The van der Waals surface area contributed by atoms with Crippen LogP contribution in [0.1, 0.15) is 52.8 Å². The molecule has 0 heterocycles. The normalized spacial score (nSPS) is 13.9. The fourth-order valence-corrected chi connectivity index (χ4v) is 3.06. The lowest BCUT2D eigenvalue weighted by molar-refractivity contribution is -0.126. The lowest BCUT2D eigenvalue weighted by atomic mass is 9.80. The molecule has 4 heteroatoms. The van der Waals surface area contributed by atoms with Gasteiger partial charge in [0.25, 0.3) is 5.91 Å². The highest BCUT2D eigenvalue weighted by atomic mass is 16.5. The molecule has 0 aliphatic heterocycles. The zero-order valence-electron chi connectivity index (χ0n) is 16.6. The molecule has 2 aromatic carbocycles. The second-order valence-corrected chi connectivity index (χ2v) is 7.85. The van der Waals surface area contributed by atoms with Gasteiger partial charge in [-0.05, 0) is 28.7 Å². The standard InChI is InChI=1S/C22H29NO3.H2/c1-7-14(2)19(24)20(22(3,4)5)23-21(25)18-16-11-9-8-10-15(16)12-13-17(18)26-6;/h8-14,20H,7H2,1-6H3,(H,23,25);1H. The van der Waals surface area contributed by atoms with Crippen LogP contribution in [-0.4, -0.2) is 24.8 Å². The van der Waals surface area contributed by atoms with Crippen LogP contribution in [0.2, 0.25) is 0 Å². The summed E-state index contributed by atoms with van der Waals surface area (Å²) in [5.74, 6) is 0.182. The molecule has 0 fully saturated rings.